The number of methoxy groups -OCH3 is 2. The number of unbranched alkanes of at least 4 members (excludes halogenated alkanes) is 3. The van der Waals surface area contributed by atoms with Crippen molar-refractivity contribution in [3.8, 4) is 22.6 Å². The summed E-state index contributed by atoms with van der Waals surface area (Å²) >= 11 is 0. The number of rotatable bonds is 22. The Bertz CT molecular complexity index is 1120. The first-order valence-corrected chi connectivity index (χ1v) is 17.3. The molecule has 0 atom stereocenters. The van der Waals surface area contributed by atoms with E-state index in [4.69, 9.17) is 27.5 Å². The predicted octanol–water partition coefficient (Wildman–Crippen LogP) is 6.65. The molecule has 2 aromatic carbocycles. The third-order valence-electron chi connectivity index (χ3n) is 6.57. The van der Waals surface area contributed by atoms with Crippen LogP contribution in [0.15, 0.2) is 48.5 Å². The van der Waals surface area contributed by atoms with Gasteiger partial charge in [0.25, 0.3) is 0 Å². The van der Waals surface area contributed by atoms with E-state index >= 15 is 0 Å². The molecule has 0 fully saturated rings. The molecule has 11 heteroatoms. The van der Waals surface area contributed by atoms with Crippen LogP contribution in [-0.2, 0) is 27.5 Å². The van der Waals surface area contributed by atoms with Crippen molar-refractivity contribution < 1.29 is 41.8 Å². The molecule has 0 bridgehead atoms. The van der Waals surface area contributed by atoms with E-state index in [0.717, 1.165) is 42.4 Å². The Morgan fingerprint density at radius 3 is 2.02 bits per heavy atom. The Balaban J connectivity index is 1.64. The Labute approximate surface area is 263 Å². The number of esters is 1. The lowest BCUT2D eigenvalue weighted by Gasteiger charge is -2.28. The summed E-state index contributed by atoms with van der Waals surface area (Å²) < 4.78 is 39.0. The number of hydrogen-bond acceptors (Lipinski definition) is 9. The lowest BCUT2D eigenvalue weighted by Crippen LogP contribution is -2.46. The maximum atomic E-state index is 12.0. The van der Waals surface area contributed by atoms with Gasteiger partial charge in [-0.25, -0.2) is 9.59 Å². The van der Waals surface area contributed by atoms with E-state index in [0.29, 0.717) is 63.5 Å². The summed E-state index contributed by atoms with van der Waals surface area (Å²) in [4.78, 5) is 23.3. The number of carbonyl (C=O) groups excluding carboxylic acids is 2. The van der Waals surface area contributed by atoms with Crippen LogP contribution in [0.4, 0.5) is 4.79 Å². The predicted molar refractivity (Wildman–Crippen MR) is 173 cm³/mol. The Kier molecular flexibility index (Phi) is 17.9. The van der Waals surface area contributed by atoms with Gasteiger partial charge in [0.05, 0.1) is 27.4 Å². The van der Waals surface area contributed by atoms with E-state index in [1.54, 1.807) is 13.2 Å². The number of benzene rings is 2. The van der Waals surface area contributed by atoms with Gasteiger partial charge in [-0.3, -0.25) is 0 Å². The van der Waals surface area contributed by atoms with Gasteiger partial charge in [0.1, 0.15) is 0 Å². The molecule has 1 N–H and O–H groups in total. The molecule has 44 heavy (non-hydrogen) atoms. The van der Waals surface area contributed by atoms with Gasteiger partial charge in [-0.15, -0.1) is 0 Å². The minimum absolute atomic E-state index is 0.375. The minimum atomic E-state index is -2.69. The van der Waals surface area contributed by atoms with Crippen LogP contribution in [0.2, 0.25) is 6.04 Å². The topological polar surface area (TPSA) is 111 Å². The monoisotopic (exact) mass is 631 g/mol. The molecule has 0 aliphatic heterocycles. The normalized spacial score (nSPS) is 11.4. The van der Waals surface area contributed by atoms with E-state index in [1.807, 2.05) is 63.2 Å². The van der Waals surface area contributed by atoms with Crippen molar-refractivity contribution in [2.75, 3.05) is 53.8 Å². The summed E-state index contributed by atoms with van der Waals surface area (Å²) in [6.07, 6.45) is 6.95. The van der Waals surface area contributed by atoms with E-state index < -0.39 is 20.9 Å². The molecule has 2 aromatic rings. The van der Waals surface area contributed by atoms with E-state index in [2.05, 4.69) is 10.1 Å². The zero-order chi connectivity index (χ0) is 32.0. The highest BCUT2D eigenvalue weighted by Gasteiger charge is 2.39. The molecule has 0 aliphatic rings. The summed E-state index contributed by atoms with van der Waals surface area (Å²) in [5.74, 6) is 0.967. The molecule has 0 unspecified atom stereocenters. The quantitative estimate of drug-likeness (QED) is 0.0661. The lowest BCUT2D eigenvalue weighted by atomic mass is 10.0. The van der Waals surface area contributed by atoms with Crippen LogP contribution in [0.1, 0.15) is 58.4 Å². The number of amides is 1. The average Bonchev–Trinajstić information content (AvgIpc) is 3.03. The molecule has 2 rings (SSSR count). The molecule has 0 saturated heterocycles. The number of carbonyl (C=O) groups is 2. The fourth-order valence-corrected chi connectivity index (χ4v) is 7.05. The molecule has 0 aromatic heterocycles. The van der Waals surface area contributed by atoms with Gasteiger partial charge in [0.15, 0.2) is 11.5 Å². The smallest absolute Gasteiger partial charge is 0.493 e. The molecule has 10 nitrogen and oxygen atoms in total. The lowest BCUT2D eigenvalue weighted by molar-refractivity contribution is -0.134. The molecular formula is C33H49NO9Si. The van der Waals surface area contributed by atoms with Crippen LogP contribution in [0.3, 0.4) is 0 Å². The maximum Gasteiger partial charge on any atom is 0.500 e. The van der Waals surface area contributed by atoms with Crippen LogP contribution < -0.4 is 14.8 Å². The Morgan fingerprint density at radius 2 is 1.41 bits per heavy atom. The molecule has 0 saturated carbocycles. The summed E-state index contributed by atoms with van der Waals surface area (Å²) in [6.45, 7) is 8.80. The highest BCUT2D eigenvalue weighted by molar-refractivity contribution is 6.60. The largest absolute Gasteiger partial charge is 0.500 e. The minimum Gasteiger partial charge on any atom is -0.493 e. The van der Waals surface area contributed by atoms with Gasteiger partial charge in [-0.2, -0.15) is 0 Å². The SMILES string of the molecule is CCO[Si](CCCNC(=O)OCCCCCCOc1ccc(-c2ccc(C=CC(=O)OC)cc2)cc1OC)(OCC)OCC. The zero-order valence-electron chi connectivity index (χ0n) is 26.9. The van der Waals surface area contributed by atoms with Crippen molar-refractivity contribution in [3.63, 3.8) is 0 Å². The molecule has 0 radical (unpaired) electrons. The number of ether oxygens (including phenoxy) is 4. The molecule has 0 aliphatic carbocycles. The fraction of sp³-hybridized carbons (Fsp3) is 0.515. The highest BCUT2D eigenvalue weighted by Crippen LogP contribution is 2.33. The van der Waals surface area contributed by atoms with Crippen LogP contribution in [0, 0.1) is 0 Å². The van der Waals surface area contributed by atoms with Crippen LogP contribution in [0.25, 0.3) is 17.2 Å². The highest BCUT2D eigenvalue weighted by atomic mass is 28.4. The average molecular weight is 632 g/mol. The second kappa shape index (κ2) is 21.3. The first-order valence-electron chi connectivity index (χ1n) is 15.4. The van der Waals surface area contributed by atoms with Gasteiger partial charge >= 0.3 is 20.9 Å². The molecule has 0 heterocycles. The summed E-state index contributed by atoms with van der Waals surface area (Å²) in [5, 5.41) is 2.79. The van der Waals surface area contributed by atoms with Gasteiger partial charge in [-0.05, 0) is 87.8 Å². The summed E-state index contributed by atoms with van der Waals surface area (Å²) in [7, 11) is 0.288. The van der Waals surface area contributed by atoms with Crippen LogP contribution in [-0.4, -0.2) is 74.7 Å². The number of nitrogens with one attached hydrogen (secondary N) is 1. The number of hydrogen-bond donors (Lipinski definition) is 1. The standard InChI is InChI=1S/C33H49NO9Si/c1-6-41-44(42-7-2,43-8-3)25-13-22-34-33(36)40-24-12-10-9-11-23-39-30-20-19-29(26-31(30)37-4)28-17-14-27(15-18-28)16-21-32(35)38-5/h14-21,26H,6-13,22-25H2,1-5H3,(H,34,36). The van der Waals surface area contributed by atoms with Crippen molar-refractivity contribution >= 4 is 26.9 Å². The van der Waals surface area contributed by atoms with E-state index in [9.17, 15) is 9.59 Å². The fourth-order valence-electron chi connectivity index (χ4n) is 4.44. The third-order valence-corrected chi connectivity index (χ3v) is 9.72. The van der Waals surface area contributed by atoms with Gasteiger partial charge < -0.3 is 37.5 Å². The van der Waals surface area contributed by atoms with Crippen molar-refractivity contribution in [2.45, 2.75) is 58.9 Å². The first-order chi connectivity index (χ1) is 21.4. The van der Waals surface area contributed by atoms with E-state index in [1.165, 1.54) is 13.2 Å². The first kappa shape index (κ1) is 36.8. The van der Waals surface area contributed by atoms with Crippen molar-refractivity contribution in [1.29, 1.82) is 0 Å². The maximum absolute atomic E-state index is 12.0. The van der Waals surface area contributed by atoms with Crippen molar-refractivity contribution in [2.24, 2.45) is 0 Å². The summed E-state index contributed by atoms with van der Waals surface area (Å²) in [5.41, 5.74) is 2.92. The van der Waals surface area contributed by atoms with Crippen LogP contribution in [0.5, 0.6) is 11.5 Å². The molecule has 244 valence electrons. The van der Waals surface area contributed by atoms with Gasteiger partial charge in [0, 0.05) is 38.5 Å². The molecule has 0 spiro atoms. The zero-order valence-corrected chi connectivity index (χ0v) is 27.9. The van der Waals surface area contributed by atoms with Gasteiger partial charge in [0.2, 0.25) is 0 Å². The molecule has 1 amide bonds. The van der Waals surface area contributed by atoms with Crippen LogP contribution >= 0.6 is 0 Å². The van der Waals surface area contributed by atoms with Gasteiger partial charge in [-0.1, -0.05) is 30.3 Å². The second-order valence-electron chi connectivity index (χ2n) is 9.76. The van der Waals surface area contributed by atoms with Crippen molar-refractivity contribution in [3.05, 3.63) is 54.1 Å². The third kappa shape index (κ3) is 13.5. The van der Waals surface area contributed by atoms with E-state index in [-0.39, 0.29) is 0 Å². The number of alkyl carbamates (subject to hydrolysis) is 1. The second-order valence-corrected chi connectivity index (χ2v) is 12.5. The van der Waals surface area contributed by atoms with Crippen molar-refractivity contribution in [1.82, 2.24) is 5.32 Å². The summed E-state index contributed by atoms with van der Waals surface area (Å²) in [6, 6.07) is 14.4. The molecular weight excluding hydrogens is 582 g/mol. The Morgan fingerprint density at radius 1 is 0.773 bits per heavy atom. The Hall–Kier alpha value is -3.38.